The Labute approximate surface area is 106 Å². The SMILES string of the molecule is COc1ccccc1C(C#N)c1ccc(N)cn1. The molecule has 1 aromatic heterocycles. The standard InChI is InChI=1S/C14H13N3O/c1-18-14-5-3-2-4-11(14)12(8-15)13-7-6-10(16)9-17-13/h2-7,9,12H,16H2,1H3. The lowest BCUT2D eigenvalue weighted by atomic mass is 9.95. The van der Waals surface area contributed by atoms with Gasteiger partial charge in [0.15, 0.2) is 0 Å². The molecular weight excluding hydrogens is 226 g/mol. The number of pyridine rings is 1. The van der Waals surface area contributed by atoms with Crippen LogP contribution in [0.25, 0.3) is 0 Å². The summed E-state index contributed by atoms with van der Waals surface area (Å²) in [5.41, 5.74) is 7.64. The van der Waals surface area contributed by atoms with Crippen LogP contribution in [0.2, 0.25) is 0 Å². The quantitative estimate of drug-likeness (QED) is 0.892. The molecule has 2 N–H and O–H groups in total. The lowest BCUT2D eigenvalue weighted by Crippen LogP contribution is -2.03. The van der Waals surface area contributed by atoms with Gasteiger partial charge in [0.25, 0.3) is 0 Å². The average molecular weight is 239 g/mol. The molecule has 0 spiro atoms. The summed E-state index contributed by atoms with van der Waals surface area (Å²) in [6, 6.07) is 13.2. The highest BCUT2D eigenvalue weighted by Crippen LogP contribution is 2.30. The summed E-state index contributed by atoms with van der Waals surface area (Å²) in [5.74, 6) is 0.226. The zero-order chi connectivity index (χ0) is 13.0. The second kappa shape index (κ2) is 5.19. The number of aromatic nitrogens is 1. The molecule has 0 saturated carbocycles. The fourth-order valence-corrected chi connectivity index (χ4v) is 1.79. The Morgan fingerprint density at radius 1 is 1.28 bits per heavy atom. The predicted molar refractivity (Wildman–Crippen MR) is 69.1 cm³/mol. The van der Waals surface area contributed by atoms with E-state index < -0.39 is 5.92 Å². The van der Waals surface area contributed by atoms with Gasteiger partial charge in [-0.15, -0.1) is 0 Å². The summed E-state index contributed by atoms with van der Waals surface area (Å²) >= 11 is 0. The Kier molecular flexibility index (Phi) is 3.44. The number of anilines is 1. The van der Waals surface area contributed by atoms with Crippen molar-refractivity contribution in [1.82, 2.24) is 4.98 Å². The van der Waals surface area contributed by atoms with Gasteiger partial charge in [-0.25, -0.2) is 0 Å². The van der Waals surface area contributed by atoms with Crippen LogP contribution in [0.1, 0.15) is 17.2 Å². The van der Waals surface area contributed by atoms with E-state index in [0.29, 0.717) is 17.1 Å². The van der Waals surface area contributed by atoms with Crippen molar-refractivity contribution in [2.24, 2.45) is 0 Å². The highest BCUT2D eigenvalue weighted by Gasteiger charge is 2.18. The Balaban J connectivity index is 2.46. The Morgan fingerprint density at radius 3 is 2.67 bits per heavy atom. The van der Waals surface area contributed by atoms with Crippen molar-refractivity contribution in [1.29, 1.82) is 5.26 Å². The third kappa shape index (κ3) is 2.25. The van der Waals surface area contributed by atoms with Gasteiger partial charge in [0.05, 0.1) is 30.8 Å². The van der Waals surface area contributed by atoms with Crippen LogP contribution in [0.15, 0.2) is 42.6 Å². The summed E-state index contributed by atoms with van der Waals surface area (Å²) in [7, 11) is 1.59. The van der Waals surface area contributed by atoms with Crippen LogP contribution in [0.4, 0.5) is 5.69 Å². The van der Waals surface area contributed by atoms with Gasteiger partial charge in [-0.3, -0.25) is 4.98 Å². The second-order valence-corrected chi connectivity index (χ2v) is 3.82. The third-order valence-electron chi connectivity index (χ3n) is 2.68. The zero-order valence-corrected chi connectivity index (χ0v) is 10.00. The highest BCUT2D eigenvalue weighted by atomic mass is 16.5. The summed E-state index contributed by atoms with van der Waals surface area (Å²) in [5, 5.41) is 9.35. The van der Waals surface area contributed by atoms with Crippen LogP contribution >= 0.6 is 0 Å². The van der Waals surface area contributed by atoms with Crippen molar-refractivity contribution in [3.8, 4) is 11.8 Å². The number of nitrogens with two attached hydrogens (primary N) is 1. The molecule has 2 rings (SSSR count). The molecule has 4 nitrogen and oxygen atoms in total. The first-order valence-electron chi connectivity index (χ1n) is 5.50. The normalized spacial score (nSPS) is 11.6. The maximum Gasteiger partial charge on any atom is 0.123 e. The lowest BCUT2D eigenvalue weighted by Gasteiger charge is -2.13. The van der Waals surface area contributed by atoms with E-state index in [1.165, 1.54) is 0 Å². The molecule has 0 saturated heterocycles. The molecule has 0 fully saturated rings. The van der Waals surface area contributed by atoms with Crippen molar-refractivity contribution in [2.45, 2.75) is 5.92 Å². The van der Waals surface area contributed by atoms with Crippen LogP contribution in [0, 0.1) is 11.3 Å². The van der Waals surface area contributed by atoms with E-state index in [-0.39, 0.29) is 0 Å². The molecule has 1 aromatic carbocycles. The molecule has 0 aliphatic heterocycles. The fraction of sp³-hybridized carbons (Fsp3) is 0.143. The van der Waals surface area contributed by atoms with Gasteiger partial charge >= 0.3 is 0 Å². The molecule has 18 heavy (non-hydrogen) atoms. The van der Waals surface area contributed by atoms with E-state index in [1.807, 2.05) is 24.3 Å². The summed E-state index contributed by atoms with van der Waals surface area (Å²) < 4.78 is 5.27. The molecule has 0 radical (unpaired) electrons. The van der Waals surface area contributed by atoms with Gasteiger partial charge in [0.2, 0.25) is 0 Å². The van der Waals surface area contributed by atoms with Crippen molar-refractivity contribution in [3.05, 3.63) is 53.9 Å². The number of para-hydroxylation sites is 1. The van der Waals surface area contributed by atoms with Crippen LogP contribution < -0.4 is 10.5 Å². The molecule has 2 aromatic rings. The molecule has 1 atom stereocenters. The van der Waals surface area contributed by atoms with E-state index in [1.54, 1.807) is 25.4 Å². The van der Waals surface area contributed by atoms with E-state index in [2.05, 4.69) is 11.1 Å². The van der Waals surface area contributed by atoms with Gasteiger partial charge in [-0.05, 0) is 18.2 Å². The molecule has 0 aliphatic rings. The molecule has 0 amide bonds. The first kappa shape index (κ1) is 11.9. The van der Waals surface area contributed by atoms with Crippen molar-refractivity contribution in [3.63, 3.8) is 0 Å². The lowest BCUT2D eigenvalue weighted by molar-refractivity contribution is 0.409. The number of ether oxygens (including phenoxy) is 1. The van der Waals surface area contributed by atoms with Crippen molar-refractivity contribution >= 4 is 5.69 Å². The molecule has 0 aliphatic carbocycles. The number of hydrogen-bond donors (Lipinski definition) is 1. The first-order chi connectivity index (χ1) is 8.76. The molecule has 1 unspecified atom stereocenters. The summed E-state index contributed by atoms with van der Waals surface area (Å²) in [6.07, 6.45) is 1.55. The fourth-order valence-electron chi connectivity index (χ4n) is 1.79. The minimum atomic E-state index is -0.457. The number of rotatable bonds is 3. The summed E-state index contributed by atoms with van der Waals surface area (Å²) in [6.45, 7) is 0. The van der Waals surface area contributed by atoms with Crippen LogP contribution in [-0.2, 0) is 0 Å². The van der Waals surface area contributed by atoms with Gasteiger partial charge in [-0.2, -0.15) is 5.26 Å². The van der Waals surface area contributed by atoms with Gasteiger partial charge in [0.1, 0.15) is 11.7 Å². The number of nitrogen functional groups attached to an aromatic ring is 1. The first-order valence-corrected chi connectivity index (χ1v) is 5.50. The number of nitriles is 1. The van der Waals surface area contributed by atoms with Gasteiger partial charge in [0, 0.05) is 5.56 Å². The van der Waals surface area contributed by atoms with Crippen LogP contribution in [-0.4, -0.2) is 12.1 Å². The maximum absolute atomic E-state index is 9.35. The minimum absolute atomic E-state index is 0.457. The number of hydrogen-bond acceptors (Lipinski definition) is 4. The van der Waals surface area contributed by atoms with Gasteiger partial charge < -0.3 is 10.5 Å². The smallest absolute Gasteiger partial charge is 0.123 e. The highest BCUT2D eigenvalue weighted by molar-refractivity contribution is 5.45. The van der Waals surface area contributed by atoms with E-state index in [4.69, 9.17) is 10.5 Å². The van der Waals surface area contributed by atoms with E-state index in [9.17, 15) is 5.26 Å². The Bertz CT molecular complexity index is 572. The van der Waals surface area contributed by atoms with Crippen molar-refractivity contribution in [2.75, 3.05) is 12.8 Å². The monoisotopic (exact) mass is 239 g/mol. The molecule has 0 bridgehead atoms. The van der Waals surface area contributed by atoms with E-state index in [0.717, 1.165) is 5.56 Å². The number of benzene rings is 1. The van der Waals surface area contributed by atoms with Crippen molar-refractivity contribution < 1.29 is 4.74 Å². The van der Waals surface area contributed by atoms with E-state index >= 15 is 0 Å². The van der Waals surface area contributed by atoms with Gasteiger partial charge in [-0.1, -0.05) is 18.2 Å². The largest absolute Gasteiger partial charge is 0.496 e. The third-order valence-corrected chi connectivity index (χ3v) is 2.68. The average Bonchev–Trinajstić information content (AvgIpc) is 2.42. The number of methoxy groups -OCH3 is 1. The molecule has 90 valence electrons. The predicted octanol–water partition coefficient (Wildman–Crippen LogP) is 2.33. The Hall–Kier alpha value is -2.54. The minimum Gasteiger partial charge on any atom is -0.496 e. The molecule has 1 heterocycles. The summed E-state index contributed by atoms with van der Waals surface area (Å²) in [4.78, 5) is 4.20. The Morgan fingerprint density at radius 2 is 2.06 bits per heavy atom. The number of nitrogens with zero attached hydrogens (tertiary/aromatic N) is 2. The van der Waals surface area contributed by atoms with Crippen LogP contribution in [0.3, 0.4) is 0 Å². The topological polar surface area (TPSA) is 71.9 Å². The molecular formula is C14H13N3O. The second-order valence-electron chi connectivity index (χ2n) is 3.82. The van der Waals surface area contributed by atoms with Crippen LogP contribution in [0.5, 0.6) is 5.75 Å². The zero-order valence-electron chi connectivity index (χ0n) is 10.00. The maximum atomic E-state index is 9.35. The molecule has 4 heteroatoms.